The number of aryl methyl sites for hydroxylation is 2. The van der Waals surface area contributed by atoms with Crippen LogP contribution < -0.4 is 19.5 Å². The molecular weight excluding hydrogens is 448 g/mol. The third kappa shape index (κ3) is 4.45. The summed E-state index contributed by atoms with van der Waals surface area (Å²) >= 11 is 7.99. The predicted octanol–water partition coefficient (Wildman–Crippen LogP) is 5.00. The predicted molar refractivity (Wildman–Crippen MR) is 128 cm³/mol. The Balaban J connectivity index is 1.63. The van der Waals surface area contributed by atoms with Crippen molar-refractivity contribution in [1.82, 2.24) is 0 Å². The second-order valence-electron chi connectivity index (χ2n) is 7.18. The maximum atomic E-state index is 12.2. The molecule has 2 heterocycles. The minimum Gasteiger partial charge on any atom is -0.493 e. The molecule has 8 heteroatoms. The normalized spacial score (nSPS) is 13.0. The van der Waals surface area contributed by atoms with Crippen LogP contribution in [0.4, 0.5) is 5.00 Å². The summed E-state index contributed by atoms with van der Waals surface area (Å²) in [4.78, 5) is 17.9. The van der Waals surface area contributed by atoms with Crippen LogP contribution in [0.3, 0.4) is 0 Å². The summed E-state index contributed by atoms with van der Waals surface area (Å²) in [7, 11) is 4.80. The van der Waals surface area contributed by atoms with Gasteiger partial charge in [0, 0.05) is 21.0 Å². The summed E-state index contributed by atoms with van der Waals surface area (Å²) < 4.78 is 16.3. The van der Waals surface area contributed by atoms with Crippen LogP contribution in [0.5, 0.6) is 17.2 Å². The first-order valence-corrected chi connectivity index (χ1v) is 11.2. The van der Waals surface area contributed by atoms with Crippen LogP contribution in [0.15, 0.2) is 47.5 Å². The van der Waals surface area contributed by atoms with E-state index in [4.69, 9.17) is 25.8 Å². The Labute approximate surface area is 195 Å². The number of anilines is 1. The number of carbonyl (C=O) groups is 1. The van der Waals surface area contributed by atoms with Crippen molar-refractivity contribution in [3.05, 3.63) is 69.1 Å². The molecule has 0 spiro atoms. The Hall–Kier alpha value is -3.03. The number of amides is 1. The van der Waals surface area contributed by atoms with Gasteiger partial charge in [0.05, 0.1) is 27.0 Å². The molecular formula is C24H23ClN2O4S. The average molecular weight is 471 g/mol. The highest BCUT2D eigenvalue weighted by atomic mass is 35.5. The van der Waals surface area contributed by atoms with Crippen molar-refractivity contribution in [3.8, 4) is 17.2 Å². The van der Waals surface area contributed by atoms with E-state index in [2.05, 4.69) is 16.4 Å². The molecule has 6 nitrogen and oxygen atoms in total. The molecule has 0 unspecified atom stereocenters. The van der Waals surface area contributed by atoms with Gasteiger partial charge in [0.15, 0.2) is 11.5 Å². The zero-order valence-electron chi connectivity index (χ0n) is 18.0. The van der Waals surface area contributed by atoms with Crippen molar-refractivity contribution in [2.45, 2.75) is 12.8 Å². The van der Waals surface area contributed by atoms with Gasteiger partial charge in [0.2, 0.25) is 11.7 Å². The lowest BCUT2D eigenvalue weighted by atomic mass is 10.0. The van der Waals surface area contributed by atoms with Crippen molar-refractivity contribution in [2.24, 2.45) is 4.99 Å². The number of fused-ring (bicyclic) bond motifs is 1. The topological polar surface area (TPSA) is 69.2 Å². The van der Waals surface area contributed by atoms with Gasteiger partial charge in [0.25, 0.3) is 0 Å². The molecule has 0 radical (unpaired) electrons. The monoisotopic (exact) mass is 470 g/mol. The molecule has 0 saturated carbocycles. The molecule has 32 heavy (non-hydrogen) atoms. The molecule has 1 aliphatic heterocycles. The highest BCUT2D eigenvalue weighted by Gasteiger charge is 2.22. The zero-order valence-corrected chi connectivity index (χ0v) is 19.6. The molecule has 1 aromatic heterocycles. The minimum absolute atomic E-state index is 0.0722. The molecule has 166 valence electrons. The first-order valence-electron chi connectivity index (χ1n) is 10.0. The van der Waals surface area contributed by atoms with Crippen molar-refractivity contribution < 1.29 is 19.0 Å². The summed E-state index contributed by atoms with van der Waals surface area (Å²) in [6.45, 7) is 0.0722. The standard InChI is InChI=1S/C24H23ClN2O4S/c1-29-19-10-14(11-20(30-2)23(19)31-3)8-9-15-12-17-22(16-6-4-5-7-18(16)25)26-13-21(28)27-24(17)32-15/h4-7,10-12H,8-9,13H2,1-3H3,(H,27,28). The van der Waals surface area contributed by atoms with Gasteiger partial charge in [-0.15, -0.1) is 11.3 Å². The van der Waals surface area contributed by atoms with Crippen molar-refractivity contribution in [1.29, 1.82) is 0 Å². The van der Waals surface area contributed by atoms with E-state index in [1.807, 2.05) is 36.4 Å². The van der Waals surface area contributed by atoms with E-state index in [1.54, 1.807) is 32.7 Å². The molecule has 0 saturated heterocycles. The van der Waals surface area contributed by atoms with Crippen LogP contribution in [0.25, 0.3) is 0 Å². The lowest BCUT2D eigenvalue weighted by molar-refractivity contribution is -0.114. The number of nitrogens with one attached hydrogen (secondary N) is 1. The minimum atomic E-state index is -0.133. The van der Waals surface area contributed by atoms with E-state index in [-0.39, 0.29) is 12.5 Å². The van der Waals surface area contributed by atoms with Gasteiger partial charge in [-0.25, -0.2) is 0 Å². The second-order valence-corrected chi connectivity index (χ2v) is 8.73. The van der Waals surface area contributed by atoms with E-state index in [9.17, 15) is 4.79 Å². The van der Waals surface area contributed by atoms with Gasteiger partial charge >= 0.3 is 0 Å². The summed E-state index contributed by atoms with van der Waals surface area (Å²) in [5.74, 6) is 1.70. The molecule has 4 rings (SSSR count). The fourth-order valence-corrected chi connectivity index (χ4v) is 4.97. The number of halogens is 1. The molecule has 1 aliphatic rings. The number of nitrogens with zero attached hydrogens (tertiary/aromatic N) is 1. The quantitative estimate of drug-likeness (QED) is 0.527. The van der Waals surface area contributed by atoms with E-state index in [0.29, 0.717) is 22.3 Å². The van der Waals surface area contributed by atoms with E-state index >= 15 is 0 Å². The first-order chi connectivity index (χ1) is 15.5. The maximum absolute atomic E-state index is 12.2. The van der Waals surface area contributed by atoms with Gasteiger partial charge in [-0.05, 0) is 42.7 Å². The third-order valence-corrected chi connectivity index (χ3v) is 6.63. The van der Waals surface area contributed by atoms with Crippen molar-refractivity contribution >= 4 is 39.6 Å². The molecule has 0 aliphatic carbocycles. The molecule has 3 aromatic rings. The van der Waals surface area contributed by atoms with Crippen LogP contribution in [0, 0.1) is 0 Å². The fraction of sp³-hybridized carbons (Fsp3) is 0.250. The Morgan fingerprint density at radius 1 is 1.00 bits per heavy atom. The lowest BCUT2D eigenvalue weighted by Gasteiger charge is -2.14. The van der Waals surface area contributed by atoms with Gasteiger partial charge in [-0.1, -0.05) is 29.8 Å². The largest absolute Gasteiger partial charge is 0.493 e. The number of rotatable bonds is 7. The summed E-state index contributed by atoms with van der Waals surface area (Å²) in [6, 6.07) is 13.6. The lowest BCUT2D eigenvalue weighted by Crippen LogP contribution is -2.12. The number of hydrogen-bond donors (Lipinski definition) is 1. The Bertz CT molecular complexity index is 1160. The van der Waals surface area contributed by atoms with E-state index in [1.165, 1.54) is 0 Å². The van der Waals surface area contributed by atoms with Gasteiger partial charge in [-0.3, -0.25) is 9.79 Å². The van der Waals surface area contributed by atoms with Gasteiger partial charge in [0.1, 0.15) is 11.5 Å². The van der Waals surface area contributed by atoms with E-state index in [0.717, 1.165) is 45.1 Å². The number of methoxy groups -OCH3 is 3. The Morgan fingerprint density at radius 3 is 2.38 bits per heavy atom. The molecule has 1 amide bonds. The van der Waals surface area contributed by atoms with Crippen LogP contribution in [-0.2, 0) is 17.6 Å². The Kier molecular flexibility index (Phi) is 6.67. The third-order valence-electron chi connectivity index (χ3n) is 5.19. The second kappa shape index (κ2) is 9.63. The van der Waals surface area contributed by atoms with Crippen LogP contribution in [0.2, 0.25) is 5.02 Å². The number of thiophene rings is 1. The van der Waals surface area contributed by atoms with Crippen LogP contribution in [0.1, 0.15) is 21.6 Å². The van der Waals surface area contributed by atoms with Gasteiger partial charge < -0.3 is 19.5 Å². The number of benzene rings is 2. The molecule has 1 N–H and O–H groups in total. The SMILES string of the molecule is COc1cc(CCc2cc3c(s2)NC(=O)CN=C3c2ccccc2Cl)cc(OC)c1OC. The van der Waals surface area contributed by atoms with Crippen LogP contribution in [-0.4, -0.2) is 39.5 Å². The average Bonchev–Trinajstić information content (AvgIpc) is 3.13. The number of carbonyl (C=O) groups excluding carboxylic acids is 1. The highest BCUT2D eigenvalue weighted by molar-refractivity contribution is 7.16. The summed E-state index contributed by atoms with van der Waals surface area (Å²) in [6.07, 6.45) is 1.55. The Morgan fingerprint density at radius 2 is 1.72 bits per heavy atom. The first kappa shape index (κ1) is 22.2. The van der Waals surface area contributed by atoms with Gasteiger partial charge in [-0.2, -0.15) is 0 Å². The van der Waals surface area contributed by atoms with Crippen molar-refractivity contribution in [2.75, 3.05) is 33.2 Å². The number of aliphatic imine (C=N–C) groups is 1. The zero-order chi connectivity index (χ0) is 22.7. The molecule has 2 aromatic carbocycles. The molecule has 0 fully saturated rings. The number of ether oxygens (including phenoxy) is 3. The summed E-state index contributed by atoms with van der Waals surface area (Å²) in [5, 5.41) is 4.38. The highest BCUT2D eigenvalue weighted by Crippen LogP contribution is 2.39. The number of hydrogen-bond acceptors (Lipinski definition) is 6. The van der Waals surface area contributed by atoms with E-state index < -0.39 is 0 Å². The molecule has 0 atom stereocenters. The summed E-state index contributed by atoms with van der Waals surface area (Å²) in [5.41, 5.74) is 3.51. The molecule has 0 bridgehead atoms. The fourth-order valence-electron chi connectivity index (χ4n) is 3.67. The maximum Gasteiger partial charge on any atom is 0.246 e. The smallest absolute Gasteiger partial charge is 0.246 e. The van der Waals surface area contributed by atoms with Crippen LogP contribution >= 0.6 is 22.9 Å². The van der Waals surface area contributed by atoms with Crippen molar-refractivity contribution in [3.63, 3.8) is 0 Å².